The van der Waals surface area contributed by atoms with Gasteiger partial charge in [0.05, 0.1) is 10.6 Å². The standard InChI is InChI=1S/C15H9Cl2FN2O/c16-9-4-1-3-8(7-9)14-13(15(19)20-21-14)12-10(17)5-2-6-11(12)18/h1-7H,(H2,19,20). The number of anilines is 1. The molecule has 0 fully saturated rings. The summed E-state index contributed by atoms with van der Waals surface area (Å²) < 4.78 is 19.4. The molecule has 0 spiro atoms. The van der Waals surface area contributed by atoms with Crippen molar-refractivity contribution in [2.75, 3.05) is 5.73 Å². The Morgan fingerprint density at radius 2 is 1.81 bits per heavy atom. The Hall–Kier alpha value is -2.04. The number of nitrogens with zero attached hydrogens (tertiary/aromatic N) is 1. The first-order chi connectivity index (χ1) is 10.1. The minimum Gasteiger partial charge on any atom is -0.380 e. The largest absolute Gasteiger partial charge is 0.380 e. The molecule has 3 aromatic rings. The SMILES string of the molecule is Nc1noc(-c2cccc(Cl)c2)c1-c1c(F)cccc1Cl. The Morgan fingerprint density at radius 1 is 1.05 bits per heavy atom. The maximum absolute atomic E-state index is 14.1. The third-order valence-electron chi connectivity index (χ3n) is 3.02. The predicted molar refractivity (Wildman–Crippen MR) is 81.8 cm³/mol. The van der Waals surface area contributed by atoms with Gasteiger partial charge in [0.1, 0.15) is 5.82 Å². The fourth-order valence-electron chi connectivity index (χ4n) is 2.11. The molecule has 0 saturated carbocycles. The molecular weight excluding hydrogens is 314 g/mol. The number of hydrogen-bond donors (Lipinski definition) is 1. The van der Waals surface area contributed by atoms with Crippen molar-refractivity contribution in [1.29, 1.82) is 0 Å². The lowest BCUT2D eigenvalue weighted by molar-refractivity contribution is 0.436. The van der Waals surface area contributed by atoms with Gasteiger partial charge in [-0.15, -0.1) is 0 Å². The average Bonchev–Trinajstić information content (AvgIpc) is 2.81. The van der Waals surface area contributed by atoms with Gasteiger partial charge in [-0.1, -0.05) is 46.6 Å². The molecule has 0 unspecified atom stereocenters. The van der Waals surface area contributed by atoms with Gasteiger partial charge in [-0.05, 0) is 24.3 Å². The van der Waals surface area contributed by atoms with Crippen molar-refractivity contribution in [3.8, 4) is 22.5 Å². The van der Waals surface area contributed by atoms with E-state index in [1.54, 1.807) is 30.3 Å². The Labute approximate surface area is 130 Å². The molecule has 3 rings (SSSR count). The highest BCUT2D eigenvalue weighted by Gasteiger charge is 2.22. The molecule has 0 aliphatic carbocycles. The minimum absolute atomic E-state index is 0.0666. The normalized spacial score (nSPS) is 10.8. The van der Waals surface area contributed by atoms with E-state index in [0.717, 1.165) is 0 Å². The Balaban J connectivity index is 2.28. The summed E-state index contributed by atoms with van der Waals surface area (Å²) in [6, 6.07) is 11.3. The maximum Gasteiger partial charge on any atom is 0.177 e. The molecule has 0 atom stereocenters. The van der Waals surface area contributed by atoms with E-state index in [0.29, 0.717) is 21.9 Å². The Kier molecular flexibility index (Phi) is 3.57. The van der Waals surface area contributed by atoms with Crippen LogP contribution in [0, 0.1) is 5.82 Å². The first kappa shape index (κ1) is 13.9. The highest BCUT2D eigenvalue weighted by Crippen LogP contribution is 2.41. The van der Waals surface area contributed by atoms with Gasteiger partial charge in [0.25, 0.3) is 0 Å². The average molecular weight is 323 g/mol. The maximum atomic E-state index is 14.1. The molecule has 0 aliphatic heterocycles. The molecule has 2 N–H and O–H groups in total. The van der Waals surface area contributed by atoms with Gasteiger partial charge in [0.15, 0.2) is 11.6 Å². The highest BCUT2D eigenvalue weighted by atomic mass is 35.5. The summed E-state index contributed by atoms with van der Waals surface area (Å²) in [6.45, 7) is 0. The van der Waals surface area contributed by atoms with Crippen molar-refractivity contribution in [2.45, 2.75) is 0 Å². The van der Waals surface area contributed by atoms with Crippen LogP contribution < -0.4 is 5.73 Å². The van der Waals surface area contributed by atoms with Gasteiger partial charge in [-0.25, -0.2) is 4.39 Å². The van der Waals surface area contributed by atoms with E-state index in [2.05, 4.69) is 5.16 Å². The van der Waals surface area contributed by atoms with Crippen LogP contribution in [-0.4, -0.2) is 5.16 Å². The molecule has 2 aromatic carbocycles. The summed E-state index contributed by atoms with van der Waals surface area (Å²) in [5, 5.41) is 4.47. The second-order valence-electron chi connectivity index (χ2n) is 4.38. The van der Waals surface area contributed by atoms with Crippen molar-refractivity contribution in [3.63, 3.8) is 0 Å². The van der Waals surface area contributed by atoms with Crippen molar-refractivity contribution in [2.24, 2.45) is 0 Å². The lowest BCUT2D eigenvalue weighted by Gasteiger charge is -2.06. The second kappa shape index (κ2) is 5.39. The summed E-state index contributed by atoms with van der Waals surface area (Å²) in [6.07, 6.45) is 0. The van der Waals surface area contributed by atoms with Crippen LogP contribution in [0.25, 0.3) is 22.5 Å². The van der Waals surface area contributed by atoms with Crippen LogP contribution in [0.1, 0.15) is 0 Å². The van der Waals surface area contributed by atoms with Crippen LogP contribution in [0.2, 0.25) is 10.0 Å². The molecule has 0 saturated heterocycles. The summed E-state index contributed by atoms with van der Waals surface area (Å²) in [5.74, 6) is -0.111. The smallest absolute Gasteiger partial charge is 0.177 e. The number of halogens is 3. The summed E-state index contributed by atoms with van der Waals surface area (Å²) in [4.78, 5) is 0. The molecule has 106 valence electrons. The summed E-state index contributed by atoms with van der Waals surface area (Å²) >= 11 is 12.1. The van der Waals surface area contributed by atoms with E-state index in [9.17, 15) is 4.39 Å². The van der Waals surface area contributed by atoms with Crippen LogP contribution in [-0.2, 0) is 0 Å². The number of nitrogen functional groups attached to an aromatic ring is 1. The number of rotatable bonds is 2. The zero-order chi connectivity index (χ0) is 15.0. The van der Waals surface area contributed by atoms with Gasteiger partial charge in [0.2, 0.25) is 0 Å². The van der Waals surface area contributed by atoms with Crippen LogP contribution in [0.15, 0.2) is 47.0 Å². The first-order valence-corrected chi connectivity index (χ1v) is 6.79. The van der Waals surface area contributed by atoms with Gasteiger partial charge in [-0.3, -0.25) is 0 Å². The van der Waals surface area contributed by atoms with E-state index in [1.807, 2.05) is 0 Å². The molecule has 1 aromatic heterocycles. The Bertz CT molecular complexity index is 797. The third-order valence-corrected chi connectivity index (χ3v) is 3.57. The summed E-state index contributed by atoms with van der Waals surface area (Å²) in [7, 11) is 0. The van der Waals surface area contributed by atoms with Crippen molar-refractivity contribution < 1.29 is 8.91 Å². The lowest BCUT2D eigenvalue weighted by atomic mass is 10.0. The molecule has 21 heavy (non-hydrogen) atoms. The minimum atomic E-state index is -0.499. The van der Waals surface area contributed by atoms with Gasteiger partial charge < -0.3 is 10.3 Å². The molecule has 0 bridgehead atoms. The number of aromatic nitrogens is 1. The molecule has 0 aliphatic rings. The van der Waals surface area contributed by atoms with E-state index < -0.39 is 5.82 Å². The van der Waals surface area contributed by atoms with Crippen LogP contribution in [0.4, 0.5) is 10.2 Å². The lowest BCUT2D eigenvalue weighted by Crippen LogP contribution is -1.92. The Morgan fingerprint density at radius 3 is 2.52 bits per heavy atom. The molecule has 1 heterocycles. The third kappa shape index (κ3) is 2.48. The van der Waals surface area contributed by atoms with Crippen LogP contribution in [0.3, 0.4) is 0 Å². The van der Waals surface area contributed by atoms with Crippen LogP contribution in [0.5, 0.6) is 0 Å². The number of nitrogens with two attached hydrogens (primary N) is 1. The van der Waals surface area contributed by atoms with Crippen molar-refractivity contribution >= 4 is 29.0 Å². The molecule has 0 radical (unpaired) electrons. The quantitative estimate of drug-likeness (QED) is 0.719. The van der Waals surface area contributed by atoms with E-state index in [4.69, 9.17) is 33.5 Å². The molecule has 3 nitrogen and oxygen atoms in total. The zero-order valence-corrected chi connectivity index (χ0v) is 12.1. The fraction of sp³-hybridized carbons (Fsp3) is 0. The zero-order valence-electron chi connectivity index (χ0n) is 10.6. The van der Waals surface area contributed by atoms with E-state index in [-0.39, 0.29) is 16.4 Å². The van der Waals surface area contributed by atoms with Gasteiger partial charge >= 0.3 is 0 Å². The van der Waals surface area contributed by atoms with Gasteiger partial charge in [-0.2, -0.15) is 0 Å². The van der Waals surface area contributed by atoms with Gasteiger partial charge in [0, 0.05) is 16.1 Å². The second-order valence-corrected chi connectivity index (χ2v) is 5.22. The van der Waals surface area contributed by atoms with E-state index >= 15 is 0 Å². The van der Waals surface area contributed by atoms with E-state index in [1.165, 1.54) is 12.1 Å². The van der Waals surface area contributed by atoms with Crippen LogP contribution >= 0.6 is 23.2 Å². The highest BCUT2D eigenvalue weighted by molar-refractivity contribution is 6.33. The van der Waals surface area contributed by atoms with Crippen molar-refractivity contribution in [1.82, 2.24) is 5.16 Å². The molecule has 0 amide bonds. The molecule has 6 heteroatoms. The fourth-order valence-corrected chi connectivity index (χ4v) is 2.56. The number of benzene rings is 2. The first-order valence-electron chi connectivity index (χ1n) is 6.03. The topological polar surface area (TPSA) is 52.0 Å². The summed E-state index contributed by atoms with van der Waals surface area (Å²) in [5.41, 5.74) is 6.94. The molecular formula is C15H9Cl2FN2O. The van der Waals surface area contributed by atoms with Crippen molar-refractivity contribution in [3.05, 3.63) is 58.3 Å². The predicted octanol–water partition coefficient (Wildman–Crippen LogP) is 5.04. The number of hydrogen-bond acceptors (Lipinski definition) is 3. The monoisotopic (exact) mass is 322 g/mol.